The van der Waals surface area contributed by atoms with Gasteiger partial charge in [0.05, 0.1) is 12.6 Å². The SMILES string of the molecule is CC(C)(C)OC(=O)N1CCCCC1[C@@H]1CO1. The molecule has 0 aromatic carbocycles. The number of nitrogens with zero attached hydrogens (tertiary/aromatic N) is 1. The summed E-state index contributed by atoms with van der Waals surface area (Å²) in [4.78, 5) is 13.9. The quantitative estimate of drug-likeness (QED) is 0.645. The molecule has 2 saturated heterocycles. The molecule has 4 heteroatoms. The Kier molecular flexibility index (Phi) is 3.10. The zero-order chi connectivity index (χ0) is 11.8. The smallest absolute Gasteiger partial charge is 0.410 e. The lowest BCUT2D eigenvalue weighted by atomic mass is 10.0. The molecule has 0 aromatic heterocycles. The molecule has 0 N–H and O–H groups in total. The highest BCUT2D eigenvalue weighted by molar-refractivity contribution is 5.68. The predicted octanol–water partition coefficient (Wildman–Crippen LogP) is 2.17. The Morgan fingerprint density at radius 2 is 2.06 bits per heavy atom. The zero-order valence-corrected chi connectivity index (χ0v) is 10.4. The molecule has 1 unspecified atom stereocenters. The van der Waals surface area contributed by atoms with E-state index in [0.717, 1.165) is 26.0 Å². The summed E-state index contributed by atoms with van der Waals surface area (Å²) in [5.74, 6) is 0. The van der Waals surface area contributed by atoms with Gasteiger partial charge in [0.2, 0.25) is 0 Å². The Morgan fingerprint density at radius 3 is 2.62 bits per heavy atom. The van der Waals surface area contributed by atoms with Crippen molar-refractivity contribution < 1.29 is 14.3 Å². The molecule has 0 bridgehead atoms. The van der Waals surface area contributed by atoms with Crippen molar-refractivity contribution >= 4 is 6.09 Å². The average Bonchev–Trinajstić information content (AvgIpc) is 2.98. The van der Waals surface area contributed by atoms with Crippen LogP contribution >= 0.6 is 0 Å². The summed E-state index contributed by atoms with van der Waals surface area (Å²) in [5, 5.41) is 0. The second kappa shape index (κ2) is 4.24. The van der Waals surface area contributed by atoms with Crippen LogP contribution in [0.15, 0.2) is 0 Å². The first-order chi connectivity index (χ1) is 7.47. The molecule has 2 aliphatic heterocycles. The molecule has 2 heterocycles. The lowest BCUT2D eigenvalue weighted by molar-refractivity contribution is 0.00626. The van der Waals surface area contributed by atoms with Gasteiger partial charge in [-0.15, -0.1) is 0 Å². The number of ether oxygens (including phenoxy) is 2. The molecule has 0 saturated carbocycles. The number of rotatable bonds is 1. The molecule has 2 atom stereocenters. The molecule has 0 radical (unpaired) electrons. The van der Waals surface area contributed by atoms with Crippen LogP contribution in [-0.4, -0.2) is 41.9 Å². The van der Waals surface area contributed by atoms with E-state index in [0.29, 0.717) is 0 Å². The number of epoxide rings is 1. The summed E-state index contributed by atoms with van der Waals surface area (Å²) in [6.07, 6.45) is 3.37. The summed E-state index contributed by atoms with van der Waals surface area (Å²) in [7, 11) is 0. The van der Waals surface area contributed by atoms with Gasteiger partial charge in [0.25, 0.3) is 0 Å². The first kappa shape index (κ1) is 11.7. The van der Waals surface area contributed by atoms with Crippen LogP contribution in [0.3, 0.4) is 0 Å². The molecule has 4 nitrogen and oxygen atoms in total. The molecule has 2 rings (SSSR count). The van der Waals surface area contributed by atoms with Crippen LogP contribution in [0.2, 0.25) is 0 Å². The number of carbonyl (C=O) groups excluding carboxylic acids is 1. The van der Waals surface area contributed by atoms with Crippen LogP contribution in [0, 0.1) is 0 Å². The van der Waals surface area contributed by atoms with Gasteiger partial charge in [-0.25, -0.2) is 4.79 Å². The molecular formula is C12H21NO3. The Morgan fingerprint density at radius 1 is 1.38 bits per heavy atom. The van der Waals surface area contributed by atoms with Crippen molar-refractivity contribution in [3.8, 4) is 0 Å². The summed E-state index contributed by atoms with van der Waals surface area (Å²) in [6.45, 7) is 7.30. The van der Waals surface area contributed by atoms with E-state index in [2.05, 4.69) is 0 Å². The third kappa shape index (κ3) is 2.88. The minimum absolute atomic E-state index is 0.187. The predicted molar refractivity (Wildman–Crippen MR) is 60.3 cm³/mol. The summed E-state index contributed by atoms with van der Waals surface area (Å²) >= 11 is 0. The van der Waals surface area contributed by atoms with E-state index in [1.165, 1.54) is 6.42 Å². The topological polar surface area (TPSA) is 42.1 Å². The number of hydrogen-bond donors (Lipinski definition) is 0. The molecular weight excluding hydrogens is 206 g/mol. The van der Waals surface area contributed by atoms with E-state index in [4.69, 9.17) is 9.47 Å². The van der Waals surface area contributed by atoms with Crippen molar-refractivity contribution in [3.63, 3.8) is 0 Å². The van der Waals surface area contributed by atoms with Crippen LogP contribution in [-0.2, 0) is 9.47 Å². The monoisotopic (exact) mass is 227 g/mol. The van der Waals surface area contributed by atoms with Crippen LogP contribution in [0.5, 0.6) is 0 Å². The Hall–Kier alpha value is -0.770. The van der Waals surface area contributed by atoms with Gasteiger partial charge in [-0.1, -0.05) is 0 Å². The zero-order valence-electron chi connectivity index (χ0n) is 10.4. The molecule has 0 aliphatic carbocycles. The van der Waals surface area contributed by atoms with Crippen molar-refractivity contribution in [3.05, 3.63) is 0 Å². The summed E-state index contributed by atoms with van der Waals surface area (Å²) in [6, 6.07) is 0.239. The van der Waals surface area contributed by atoms with Crippen molar-refractivity contribution in [2.45, 2.75) is 57.8 Å². The lowest BCUT2D eigenvalue weighted by Crippen LogP contribution is -2.48. The maximum atomic E-state index is 12.0. The minimum Gasteiger partial charge on any atom is -0.444 e. The number of amides is 1. The van der Waals surface area contributed by atoms with Gasteiger partial charge in [-0.3, -0.25) is 0 Å². The van der Waals surface area contributed by atoms with Gasteiger partial charge >= 0.3 is 6.09 Å². The van der Waals surface area contributed by atoms with E-state index >= 15 is 0 Å². The van der Waals surface area contributed by atoms with Crippen LogP contribution in [0.25, 0.3) is 0 Å². The lowest BCUT2D eigenvalue weighted by Gasteiger charge is -2.36. The molecule has 2 aliphatic rings. The van der Waals surface area contributed by atoms with E-state index in [1.807, 2.05) is 25.7 Å². The molecule has 0 spiro atoms. The van der Waals surface area contributed by atoms with Crippen LogP contribution in [0.4, 0.5) is 4.79 Å². The molecule has 1 amide bonds. The number of hydrogen-bond acceptors (Lipinski definition) is 3. The van der Waals surface area contributed by atoms with E-state index in [-0.39, 0.29) is 18.2 Å². The maximum Gasteiger partial charge on any atom is 0.410 e. The number of likely N-dealkylation sites (tertiary alicyclic amines) is 1. The van der Waals surface area contributed by atoms with Gasteiger partial charge < -0.3 is 14.4 Å². The fourth-order valence-electron chi connectivity index (χ4n) is 2.17. The van der Waals surface area contributed by atoms with E-state index < -0.39 is 5.60 Å². The highest BCUT2D eigenvalue weighted by atomic mass is 16.6. The third-order valence-corrected chi connectivity index (χ3v) is 2.97. The molecule has 92 valence electrons. The van der Waals surface area contributed by atoms with Crippen LogP contribution < -0.4 is 0 Å². The first-order valence-corrected chi connectivity index (χ1v) is 6.08. The highest BCUT2D eigenvalue weighted by Crippen LogP contribution is 2.28. The maximum absolute atomic E-state index is 12.0. The van der Waals surface area contributed by atoms with Gasteiger partial charge in [-0.2, -0.15) is 0 Å². The second-order valence-electron chi connectivity index (χ2n) is 5.61. The Balaban J connectivity index is 1.96. The van der Waals surface area contributed by atoms with Gasteiger partial charge in [0.15, 0.2) is 0 Å². The summed E-state index contributed by atoms with van der Waals surface area (Å²) < 4.78 is 10.7. The van der Waals surface area contributed by atoms with Crippen molar-refractivity contribution in [1.82, 2.24) is 4.90 Å². The van der Waals surface area contributed by atoms with Crippen LogP contribution in [0.1, 0.15) is 40.0 Å². The standard InChI is InChI=1S/C12H21NO3/c1-12(2,3)16-11(14)13-7-5-4-6-9(13)10-8-15-10/h9-10H,4-8H2,1-3H3/t9?,10-/m0/s1. The highest BCUT2D eigenvalue weighted by Gasteiger charge is 2.41. The normalized spacial score (nSPS) is 30.1. The third-order valence-electron chi connectivity index (χ3n) is 2.97. The second-order valence-corrected chi connectivity index (χ2v) is 5.61. The molecule has 16 heavy (non-hydrogen) atoms. The van der Waals surface area contributed by atoms with Gasteiger partial charge in [-0.05, 0) is 40.0 Å². The van der Waals surface area contributed by atoms with Crippen molar-refractivity contribution in [2.24, 2.45) is 0 Å². The molecule has 0 aromatic rings. The Labute approximate surface area is 96.9 Å². The Bertz CT molecular complexity index is 268. The largest absolute Gasteiger partial charge is 0.444 e. The van der Waals surface area contributed by atoms with Gasteiger partial charge in [0.1, 0.15) is 11.7 Å². The number of carbonyl (C=O) groups is 1. The number of piperidine rings is 1. The minimum atomic E-state index is -0.413. The molecule has 2 fully saturated rings. The summed E-state index contributed by atoms with van der Waals surface area (Å²) in [5.41, 5.74) is -0.413. The van der Waals surface area contributed by atoms with E-state index in [9.17, 15) is 4.79 Å². The fraction of sp³-hybridized carbons (Fsp3) is 0.917. The fourth-order valence-corrected chi connectivity index (χ4v) is 2.17. The van der Waals surface area contributed by atoms with Crippen molar-refractivity contribution in [1.29, 1.82) is 0 Å². The van der Waals surface area contributed by atoms with Gasteiger partial charge in [0, 0.05) is 6.54 Å². The first-order valence-electron chi connectivity index (χ1n) is 6.08. The average molecular weight is 227 g/mol. The van der Waals surface area contributed by atoms with E-state index in [1.54, 1.807) is 0 Å². The van der Waals surface area contributed by atoms with Crippen molar-refractivity contribution in [2.75, 3.05) is 13.2 Å².